The molecule has 9 heteroatoms. The van der Waals surface area contributed by atoms with Crippen LogP contribution in [0, 0.1) is 11.3 Å². The molecule has 124 valence electrons. The van der Waals surface area contributed by atoms with Crippen LogP contribution in [0.15, 0.2) is 29.3 Å². The molecule has 2 heterocycles. The first-order valence-corrected chi connectivity index (χ1v) is 8.22. The van der Waals surface area contributed by atoms with Crippen molar-refractivity contribution in [3.8, 4) is 6.07 Å². The van der Waals surface area contributed by atoms with E-state index in [1.54, 1.807) is 24.3 Å². The zero-order valence-electron chi connectivity index (χ0n) is 12.4. The van der Waals surface area contributed by atoms with Crippen LogP contribution in [-0.2, 0) is 6.18 Å². The topological polar surface area (TPSA) is 66.9 Å². The molecule has 1 aromatic carbocycles. The molecular formula is C15H12F3N5S. The van der Waals surface area contributed by atoms with E-state index >= 15 is 0 Å². The van der Waals surface area contributed by atoms with Gasteiger partial charge in [0.15, 0.2) is 5.65 Å². The number of aromatic nitrogens is 4. The molecule has 0 unspecified atom stereocenters. The first-order valence-electron chi connectivity index (χ1n) is 7.23. The Hall–Kier alpha value is -2.34. The predicted octanol–water partition coefficient (Wildman–Crippen LogP) is 4.08. The summed E-state index contributed by atoms with van der Waals surface area (Å²) in [6, 6.07) is 8.66. The molecule has 0 aliphatic rings. The van der Waals surface area contributed by atoms with Crippen LogP contribution < -0.4 is 0 Å². The number of alkyl halides is 3. The van der Waals surface area contributed by atoms with Gasteiger partial charge in [0.2, 0.25) is 5.82 Å². The second-order valence-electron chi connectivity index (χ2n) is 5.05. The number of unbranched alkanes of at least 4 members (excludes halogenated alkanes) is 2. The Morgan fingerprint density at radius 1 is 1.17 bits per heavy atom. The van der Waals surface area contributed by atoms with Gasteiger partial charge in [-0.15, -0.1) is 22.0 Å². The fraction of sp³-hybridized carbons (Fsp3) is 0.333. The maximum Gasteiger partial charge on any atom is 0.452 e. The van der Waals surface area contributed by atoms with E-state index in [1.165, 1.54) is 11.8 Å². The van der Waals surface area contributed by atoms with E-state index in [0.29, 0.717) is 28.2 Å². The molecule has 0 fully saturated rings. The molecule has 2 aromatic heterocycles. The molecule has 0 atom stereocenters. The number of hydrogen-bond donors (Lipinski definition) is 0. The van der Waals surface area contributed by atoms with Crippen LogP contribution in [0.1, 0.15) is 25.1 Å². The van der Waals surface area contributed by atoms with Crippen molar-refractivity contribution >= 4 is 28.4 Å². The van der Waals surface area contributed by atoms with E-state index < -0.39 is 12.0 Å². The Kier molecular flexibility index (Phi) is 4.57. The molecule has 0 bridgehead atoms. The number of nitriles is 1. The van der Waals surface area contributed by atoms with E-state index in [1.807, 2.05) is 0 Å². The fourth-order valence-corrected chi connectivity index (χ4v) is 3.28. The normalized spacial score (nSPS) is 11.9. The molecule has 0 aliphatic carbocycles. The average molecular weight is 351 g/mol. The van der Waals surface area contributed by atoms with Gasteiger partial charge in [0, 0.05) is 6.42 Å². The summed E-state index contributed by atoms with van der Waals surface area (Å²) in [6.45, 7) is 0. The lowest BCUT2D eigenvalue weighted by Gasteiger charge is -2.09. The number of nitrogens with zero attached hydrogens (tertiary/aromatic N) is 5. The SMILES string of the molecule is N#CCCCCSc1nc2ccccc2n2c(C(F)(F)F)nnc12. The van der Waals surface area contributed by atoms with E-state index in [-0.39, 0.29) is 5.65 Å². The summed E-state index contributed by atoms with van der Waals surface area (Å²) < 4.78 is 40.7. The van der Waals surface area contributed by atoms with E-state index in [0.717, 1.165) is 17.2 Å². The van der Waals surface area contributed by atoms with E-state index in [4.69, 9.17) is 5.26 Å². The monoisotopic (exact) mass is 351 g/mol. The minimum absolute atomic E-state index is 0.103. The van der Waals surface area contributed by atoms with Crippen molar-refractivity contribution in [2.24, 2.45) is 0 Å². The number of hydrogen-bond acceptors (Lipinski definition) is 5. The summed E-state index contributed by atoms with van der Waals surface area (Å²) in [5.74, 6) is -0.404. The zero-order valence-corrected chi connectivity index (χ0v) is 13.2. The standard InChI is InChI=1S/C15H12F3N5S/c16-15(17,18)14-22-21-12-13(24-9-5-1-4-8-19)20-10-6-2-3-7-11(10)23(12)14/h2-3,6-7H,1,4-5,9H2. The highest BCUT2D eigenvalue weighted by Gasteiger charge is 2.38. The number of benzene rings is 1. The number of thioether (sulfide) groups is 1. The summed E-state index contributed by atoms with van der Waals surface area (Å²) in [5, 5.41) is 16.0. The molecule has 0 N–H and O–H groups in total. The molecule has 24 heavy (non-hydrogen) atoms. The molecule has 5 nitrogen and oxygen atoms in total. The van der Waals surface area contributed by atoms with Gasteiger partial charge in [0.1, 0.15) is 5.03 Å². The van der Waals surface area contributed by atoms with Crippen molar-refractivity contribution < 1.29 is 13.2 Å². The molecule has 0 aliphatic heterocycles. The number of halogens is 3. The lowest BCUT2D eigenvalue weighted by atomic mass is 10.3. The third-order valence-corrected chi connectivity index (χ3v) is 4.41. The zero-order chi connectivity index (χ0) is 17.2. The van der Waals surface area contributed by atoms with Gasteiger partial charge in [-0.2, -0.15) is 18.4 Å². The Bertz CT molecular complexity index is 913. The maximum absolute atomic E-state index is 13.2. The second kappa shape index (κ2) is 6.65. The van der Waals surface area contributed by atoms with Crippen LogP contribution in [-0.4, -0.2) is 25.3 Å². The van der Waals surface area contributed by atoms with Crippen LogP contribution in [0.2, 0.25) is 0 Å². The molecule has 3 aromatic rings. The van der Waals surface area contributed by atoms with Crippen molar-refractivity contribution in [3.63, 3.8) is 0 Å². The van der Waals surface area contributed by atoms with Crippen LogP contribution in [0.25, 0.3) is 16.7 Å². The van der Waals surface area contributed by atoms with Crippen molar-refractivity contribution in [1.82, 2.24) is 19.6 Å². The highest BCUT2D eigenvalue weighted by atomic mass is 32.2. The van der Waals surface area contributed by atoms with Crippen LogP contribution >= 0.6 is 11.8 Å². The highest BCUT2D eigenvalue weighted by molar-refractivity contribution is 7.99. The summed E-state index contributed by atoms with van der Waals surface area (Å²) in [5.41, 5.74) is 0.875. The molecule has 0 radical (unpaired) electrons. The van der Waals surface area contributed by atoms with Gasteiger partial charge in [-0.05, 0) is 30.7 Å². The Balaban J connectivity index is 2.06. The van der Waals surface area contributed by atoms with Crippen molar-refractivity contribution in [1.29, 1.82) is 5.26 Å². The lowest BCUT2D eigenvalue weighted by molar-refractivity contribution is -0.145. The van der Waals surface area contributed by atoms with Gasteiger partial charge in [0.05, 0.1) is 17.1 Å². The van der Waals surface area contributed by atoms with Crippen molar-refractivity contribution in [3.05, 3.63) is 30.1 Å². The predicted molar refractivity (Wildman–Crippen MR) is 83.5 cm³/mol. The van der Waals surface area contributed by atoms with Gasteiger partial charge < -0.3 is 0 Å². The summed E-state index contributed by atoms with van der Waals surface area (Å²) in [7, 11) is 0. The van der Waals surface area contributed by atoms with E-state index in [9.17, 15) is 13.2 Å². The number of fused-ring (bicyclic) bond motifs is 3. The van der Waals surface area contributed by atoms with Gasteiger partial charge in [-0.1, -0.05) is 12.1 Å². The first-order chi connectivity index (χ1) is 11.5. The summed E-state index contributed by atoms with van der Waals surface area (Å²) in [4.78, 5) is 4.42. The van der Waals surface area contributed by atoms with Gasteiger partial charge in [-0.3, -0.25) is 4.40 Å². The Labute approximate surface area is 139 Å². The maximum atomic E-state index is 13.2. The smallest absolute Gasteiger partial charge is 0.267 e. The summed E-state index contributed by atoms with van der Waals surface area (Å²) in [6.07, 6.45) is -2.62. The molecule has 0 saturated heterocycles. The van der Waals surface area contributed by atoms with E-state index in [2.05, 4.69) is 21.3 Å². The minimum atomic E-state index is -4.60. The average Bonchev–Trinajstić information content (AvgIpc) is 3.00. The van der Waals surface area contributed by atoms with Crippen molar-refractivity contribution in [2.45, 2.75) is 30.5 Å². The first kappa shape index (κ1) is 16.5. The quantitative estimate of drug-likeness (QED) is 0.512. The third-order valence-electron chi connectivity index (χ3n) is 3.37. The molecule has 0 amide bonds. The second-order valence-corrected chi connectivity index (χ2v) is 6.13. The Morgan fingerprint density at radius 3 is 2.71 bits per heavy atom. The lowest BCUT2D eigenvalue weighted by Crippen LogP contribution is -2.11. The molecule has 3 rings (SSSR count). The summed E-state index contributed by atoms with van der Waals surface area (Å²) >= 11 is 1.33. The Morgan fingerprint density at radius 2 is 1.96 bits per heavy atom. The minimum Gasteiger partial charge on any atom is -0.267 e. The number of para-hydroxylation sites is 2. The molecule has 0 saturated carbocycles. The van der Waals surface area contributed by atoms with Crippen LogP contribution in [0.5, 0.6) is 0 Å². The van der Waals surface area contributed by atoms with Crippen LogP contribution in [0.4, 0.5) is 13.2 Å². The van der Waals surface area contributed by atoms with Crippen LogP contribution in [0.3, 0.4) is 0 Å². The molecule has 0 spiro atoms. The van der Waals surface area contributed by atoms with Gasteiger partial charge in [0.25, 0.3) is 0 Å². The number of rotatable bonds is 5. The molecular weight excluding hydrogens is 339 g/mol. The highest BCUT2D eigenvalue weighted by Crippen LogP contribution is 2.33. The fourth-order valence-electron chi connectivity index (χ4n) is 2.31. The van der Waals surface area contributed by atoms with Gasteiger partial charge in [-0.25, -0.2) is 4.98 Å². The van der Waals surface area contributed by atoms with Crippen molar-refractivity contribution in [2.75, 3.05) is 5.75 Å². The van der Waals surface area contributed by atoms with Gasteiger partial charge >= 0.3 is 6.18 Å². The largest absolute Gasteiger partial charge is 0.452 e. The third kappa shape index (κ3) is 3.14.